The molecule has 0 atom stereocenters. The SMILES string of the molecule is CCN(c1cc2oc(-c3ccc(Oc4ccc(F)cc4)cc3)c(OC(=O)NC)c2cc1OC)S(C)(=O)=O. The fourth-order valence-corrected chi connectivity index (χ4v) is 4.75. The van der Waals surface area contributed by atoms with E-state index in [4.69, 9.17) is 18.6 Å². The van der Waals surface area contributed by atoms with E-state index in [1.165, 1.54) is 48.8 Å². The summed E-state index contributed by atoms with van der Waals surface area (Å²) in [5.74, 6) is 1.23. The molecule has 0 spiro atoms. The van der Waals surface area contributed by atoms with E-state index < -0.39 is 16.1 Å². The van der Waals surface area contributed by atoms with Gasteiger partial charge in [-0.3, -0.25) is 4.31 Å². The third kappa shape index (κ3) is 5.46. The van der Waals surface area contributed by atoms with E-state index in [0.717, 1.165) is 6.26 Å². The number of carbonyl (C=O) groups is 1. The Morgan fingerprint density at radius 3 is 2.22 bits per heavy atom. The number of nitrogens with zero attached hydrogens (tertiary/aromatic N) is 1. The normalized spacial score (nSPS) is 11.3. The van der Waals surface area contributed by atoms with Crippen LogP contribution in [-0.2, 0) is 10.0 Å². The number of hydrogen-bond acceptors (Lipinski definition) is 7. The molecule has 4 aromatic rings. The van der Waals surface area contributed by atoms with Crippen molar-refractivity contribution in [2.24, 2.45) is 0 Å². The van der Waals surface area contributed by atoms with Crippen LogP contribution in [0.15, 0.2) is 65.1 Å². The van der Waals surface area contributed by atoms with Crippen LogP contribution in [0.4, 0.5) is 14.9 Å². The number of amides is 1. The lowest BCUT2D eigenvalue weighted by Gasteiger charge is -2.22. The smallest absolute Gasteiger partial charge is 0.412 e. The zero-order valence-corrected chi connectivity index (χ0v) is 21.4. The third-order valence-electron chi connectivity index (χ3n) is 5.46. The molecule has 0 fully saturated rings. The maximum absolute atomic E-state index is 13.2. The molecule has 0 aliphatic heterocycles. The van der Waals surface area contributed by atoms with Gasteiger partial charge in [0.25, 0.3) is 0 Å². The fraction of sp³-hybridized carbons (Fsp3) is 0.192. The number of halogens is 1. The van der Waals surface area contributed by atoms with Crippen LogP contribution in [0.5, 0.6) is 23.0 Å². The minimum Gasteiger partial charge on any atom is -0.495 e. The number of nitrogens with one attached hydrogen (secondary N) is 1. The highest BCUT2D eigenvalue weighted by Gasteiger charge is 2.26. The van der Waals surface area contributed by atoms with Gasteiger partial charge < -0.3 is 23.9 Å². The van der Waals surface area contributed by atoms with Crippen LogP contribution in [0.2, 0.25) is 0 Å². The lowest BCUT2D eigenvalue weighted by molar-refractivity contribution is 0.203. The third-order valence-corrected chi connectivity index (χ3v) is 6.72. The number of rotatable bonds is 8. The van der Waals surface area contributed by atoms with Gasteiger partial charge in [0, 0.05) is 25.2 Å². The topological polar surface area (TPSA) is 107 Å². The summed E-state index contributed by atoms with van der Waals surface area (Å²) in [6.07, 6.45) is 0.387. The number of sulfonamides is 1. The molecule has 1 amide bonds. The van der Waals surface area contributed by atoms with Crippen LogP contribution in [0, 0.1) is 5.82 Å². The summed E-state index contributed by atoms with van der Waals surface area (Å²) in [7, 11) is -0.755. The van der Waals surface area contributed by atoms with Gasteiger partial charge in [-0.25, -0.2) is 17.6 Å². The Bertz CT molecular complexity index is 1530. The quantitative estimate of drug-likeness (QED) is 0.320. The minimum atomic E-state index is -3.60. The van der Waals surface area contributed by atoms with Crippen LogP contribution >= 0.6 is 0 Å². The highest BCUT2D eigenvalue weighted by Crippen LogP contribution is 2.45. The Morgan fingerprint density at radius 2 is 1.68 bits per heavy atom. The summed E-state index contributed by atoms with van der Waals surface area (Å²) in [5, 5.41) is 2.82. The Morgan fingerprint density at radius 1 is 1.05 bits per heavy atom. The predicted molar refractivity (Wildman–Crippen MR) is 138 cm³/mol. The van der Waals surface area contributed by atoms with E-state index in [-0.39, 0.29) is 35.3 Å². The van der Waals surface area contributed by atoms with Crippen LogP contribution in [0.1, 0.15) is 6.92 Å². The number of ether oxygens (including phenoxy) is 3. The predicted octanol–water partition coefficient (Wildman–Crippen LogP) is 5.54. The monoisotopic (exact) mass is 528 g/mol. The Kier molecular flexibility index (Phi) is 7.25. The van der Waals surface area contributed by atoms with Gasteiger partial charge in [0.05, 0.1) is 24.4 Å². The molecular formula is C26H25FN2O7S. The van der Waals surface area contributed by atoms with Crippen molar-refractivity contribution in [1.29, 1.82) is 0 Å². The van der Waals surface area contributed by atoms with Crippen molar-refractivity contribution in [2.75, 3.05) is 31.3 Å². The molecule has 0 aliphatic rings. The van der Waals surface area contributed by atoms with Gasteiger partial charge in [-0.2, -0.15) is 0 Å². The van der Waals surface area contributed by atoms with Crippen LogP contribution in [-0.4, -0.2) is 41.5 Å². The number of hydrogen-bond donors (Lipinski definition) is 1. The van der Waals surface area contributed by atoms with Crippen molar-refractivity contribution in [3.8, 4) is 34.3 Å². The number of methoxy groups -OCH3 is 1. The van der Waals surface area contributed by atoms with Crippen molar-refractivity contribution in [1.82, 2.24) is 5.32 Å². The summed E-state index contributed by atoms with van der Waals surface area (Å²) in [5.41, 5.74) is 1.14. The minimum absolute atomic E-state index is 0.133. The number of furan rings is 1. The van der Waals surface area contributed by atoms with Crippen molar-refractivity contribution in [3.63, 3.8) is 0 Å². The molecule has 0 saturated heterocycles. The van der Waals surface area contributed by atoms with Gasteiger partial charge in [0.15, 0.2) is 11.5 Å². The van der Waals surface area contributed by atoms with Crippen molar-refractivity contribution in [2.45, 2.75) is 6.92 Å². The molecule has 37 heavy (non-hydrogen) atoms. The van der Waals surface area contributed by atoms with E-state index in [0.29, 0.717) is 28.0 Å². The number of carbonyl (C=O) groups excluding carboxylic acids is 1. The zero-order valence-electron chi connectivity index (χ0n) is 20.6. The Hall–Kier alpha value is -4.25. The first-order valence-electron chi connectivity index (χ1n) is 11.2. The molecule has 1 heterocycles. The largest absolute Gasteiger partial charge is 0.495 e. The van der Waals surface area contributed by atoms with Gasteiger partial charge >= 0.3 is 6.09 Å². The molecule has 3 aromatic carbocycles. The summed E-state index contributed by atoms with van der Waals surface area (Å²) in [6.45, 7) is 1.87. The number of fused-ring (bicyclic) bond motifs is 1. The van der Waals surface area contributed by atoms with Gasteiger partial charge in [0.1, 0.15) is 28.6 Å². The molecule has 9 nitrogen and oxygen atoms in total. The highest BCUT2D eigenvalue weighted by atomic mass is 32.2. The maximum atomic E-state index is 13.2. The van der Waals surface area contributed by atoms with E-state index >= 15 is 0 Å². The lowest BCUT2D eigenvalue weighted by Crippen LogP contribution is -2.29. The molecule has 0 bridgehead atoms. The van der Waals surface area contributed by atoms with Crippen LogP contribution < -0.4 is 23.8 Å². The summed E-state index contributed by atoms with van der Waals surface area (Å²) < 4.78 is 61.9. The van der Waals surface area contributed by atoms with Crippen LogP contribution in [0.25, 0.3) is 22.3 Å². The standard InChI is InChI=1S/C26H25FN2O7S/c1-5-29(37(4,31)32)21-15-22-20(14-23(21)33-3)25(36-26(30)28-2)24(35-22)16-6-10-18(11-7-16)34-19-12-8-17(27)9-13-19/h6-15H,5H2,1-4H3,(H,28,30). The van der Waals surface area contributed by atoms with Gasteiger partial charge in [-0.05, 0) is 61.5 Å². The number of benzene rings is 3. The van der Waals surface area contributed by atoms with Gasteiger partial charge in [-0.1, -0.05) is 0 Å². The Balaban J connectivity index is 1.80. The molecule has 0 aliphatic carbocycles. The second-order valence-corrected chi connectivity index (χ2v) is 9.83. The van der Waals surface area contributed by atoms with Gasteiger partial charge in [-0.15, -0.1) is 0 Å². The fourth-order valence-electron chi connectivity index (χ4n) is 3.78. The van der Waals surface area contributed by atoms with Crippen LogP contribution in [0.3, 0.4) is 0 Å². The molecule has 1 N–H and O–H groups in total. The Labute approximate surface area is 213 Å². The summed E-state index contributed by atoms with van der Waals surface area (Å²) >= 11 is 0. The summed E-state index contributed by atoms with van der Waals surface area (Å²) in [4.78, 5) is 12.2. The zero-order chi connectivity index (χ0) is 26.7. The lowest BCUT2D eigenvalue weighted by atomic mass is 10.1. The first-order chi connectivity index (χ1) is 17.6. The molecular weight excluding hydrogens is 503 g/mol. The van der Waals surface area contributed by atoms with Gasteiger partial charge in [0.2, 0.25) is 10.0 Å². The average Bonchev–Trinajstić information content (AvgIpc) is 3.21. The van der Waals surface area contributed by atoms with Crippen molar-refractivity contribution >= 4 is 32.8 Å². The average molecular weight is 529 g/mol. The van der Waals surface area contributed by atoms with Crippen molar-refractivity contribution < 1.29 is 36.2 Å². The van der Waals surface area contributed by atoms with E-state index in [9.17, 15) is 17.6 Å². The molecule has 0 unspecified atom stereocenters. The molecule has 11 heteroatoms. The first-order valence-corrected chi connectivity index (χ1v) is 13.0. The van der Waals surface area contributed by atoms with E-state index in [2.05, 4.69) is 5.32 Å². The highest BCUT2D eigenvalue weighted by molar-refractivity contribution is 7.92. The molecule has 194 valence electrons. The molecule has 4 rings (SSSR count). The first kappa shape index (κ1) is 25.8. The second kappa shape index (κ2) is 10.4. The molecule has 1 aromatic heterocycles. The van der Waals surface area contributed by atoms with E-state index in [1.807, 2.05) is 0 Å². The van der Waals surface area contributed by atoms with Crippen molar-refractivity contribution in [3.05, 3.63) is 66.5 Å². The molecule has 0 saturated carbocycles. The number of anilines is 1. The second-order valence-electron chi connectivity index (χ2n) is 7.93. The van der Waals surface area contributed by atoms with E-state index in [1.54, 1.807) is 37.3 Å². The summed E-state index contributed by atoms with van der Waals surface area (Å²) in [6, 6.07) is 15.5. The maximum Gasteiger partial charge on any atom is 0.412 e. The molecule has 0 radical (unpaired) electrons.